The van der Waals surface area contributed by atoms with Gasteiger partial charge in [0.1, 0.15) is 0 Å². The number of rotatable bonds is 35. The van der Waals surface area contributed by atoms with Crippen molar-refractivity contribution in [1.29, 1.82) is 0 Å². The Balaban J connectivity index is 1.22. The fourth-order valence-electron chi connectivity index (χ4n) is 7.55. The zero-order valence-electron chi connectivity index (χ0n) is 33.5. The van der Waals surface area contributed by atoms with Gasteiger partial charge in [-0.25, -0.2) is 0 Å². The molecule has 0 saturated carbocycles. The van der Waals surface area contributed by atoms with Crippen molar-refractivity contribution in [3.63, 3.8) is 0 Å². The summed E-state index contributed by atoms with van der Waals surface area (Å²) in [5, 5.41) is 5.40. The molecule has 0 atom stereocenters. The van der Waals surface area contributed by atoms with Crippen molar-refractivity contribution in [2.24, 2.45) is 0 Å². The normalized spacial score (nSPS) is 11.7. The fraction of sp³-hybridized carbons (Fsp3) is 0.708. The van der Waals surface area contributed by atoms with E-state index in [0.717, 1.165) is 52.5 Å². The summed E-state index contributed by atoms with van der Waals surface area (Å²) >= 11 is 0. The van der Waals surface area contributed by atoms with E-state index in [2.05, 4.69) is 62.4 Å². The molecule has 0 aromatic heterocycles. The van der Waals surface area contributed by atoms with Crippen molar-refractivity contribution >= 4 is 21.5 Å². The van der Waals surface area contributed by atoms with Gasteiger partial charge in [0, 0.05) is 26.4 Å². The van der Waals surface area contributed by atoms with Crippen molar-refractivity contribution < 1.29 is 14.2 Å². The first-order valence-electron chi connectivity index (χ1n) is 22.0. The van der Waals surface area contributed by atoms with E-state index in [0.29, 0.717) is 0 Å². The molecule has 0 aliphatic carbocycles. The van der Waals surface area contributed by atoms with Crippen molar-refractivity contribution in [1.82, 2.24) is 0 Å². The summed E-state index contributed by atoms with van der Waals surface area (Å²) in [5.41, 5.74) is 2.79. The Hall–Kier alpha value is -1.94. The second-order valence-electron chi connectivity index (χ2n) is 15.2. The molecule has 288 valence electrons. The van der Waals surface area contributed by atoms with Crippen LogP contribution >= 0.6 is 0 Å². The van der Waals surface area contributed by atoms with Crippen LogP contribution in [0.4, 0.5) is 0 Å². The smallest absolute Gasteiger partial charge is 0.0506 e. The van der Waals surface area contributed by atoms with Crippen LogP contribution in [0.15, 0.2) is 48.5 Å². The lowest BCUT2D eigenvalue weighted by Crippen LogP contribution is -2.02. The number of benzene rings is 3. The van der Waals surface area contributed by atoms with Gasteiger partial charge in [0.25, 0.3) is 0 Å². The Morgan fingerprint density at radius 2 is 0.686 bits per heavy atom. The van der Waals surface area contributed by atoms with Gasteiger partial charge in [0.05, 0.1) is 13.2 Å². The predicted molar refractivity (Wildman–Crippen MR) is 223 cm³/mol. The predicted octanol–water partition coefficient (Wildman–Crippen LogP) is 14.5. The molecular weight excluding hydrogens is 625 g/mol. The summed E-state index contributed by atoms with van der Waals surface area (Å²) in [4.78, 5) is 0. The Bertz CT molecular complexity index is 1240. The lowest BCUT2D eigenvalue weighted by Gasteiger charge is -2.12. The number of unbranched alkanes of at least 4 members (excludes halogenated alkanes) is 22. The van der Waals surface area contributed by atoms with E-state index >= 15 is 0 Å². The Labute approximate surface area is 315 Å². The van der Waals surface area contributed by atoms with Gasteiger partial charge in [-0.1, -0.05) is 178 Å². The highest BCUT2D eigenvalue weighted by molar-refractivity contribution is 6.01. The van der Waals surface area contributed by atoms with Gasteiger partial charge in [-0.2, -0.15) is 0 Å². The van der Waals surface area contributed by atoms with Crippen LogP contribution in [0.1, 0.15) is 179 Å². The molecule has 0 aliphatic heterocycles. The lowest BCUT2D eigenvalue weighted by molar-refractivity contribution is 0.133. The second kappa shape index (κ2) is 30.5. The average molecular weight is 703 g/mol. The molecule has 0 radical (unpaired) electrons. The molecule has 0 amide bonds. The molecule has 3 nitrogen and oxygen atoms in total. The molecule has 0 spiro atoms. The Kier molecular flexibility index (Phi) is 26.0. The summed E-state index contributed by atoms with van der Waals surface area (Å²) in [6.07, 6.45) is 34.8. The van der Waals surface area contributed by atoms with Crippen LogP contribution in [0.2, 0.25) is 0 Å². The third-order valence-electron chi connectivity index (χ3n) is 10.8. The largest absolute Gasteiger partial charge is 0.382 e. The van der Waals surface area contributed by atoms with E-state index in [4.69, 9.17) is 14.2 Å². The van der Waals surface area contributed by atoms with Gasteiger partial charge in [-0.05, 0) is 83.8 Å². The molecule has 3 rings (SSSR count). The molecule has 51 heavy (non-hydrogen) atoms. The molecule has 0 N–H and O–H groups in total. The summed E-state index contributed by atoms with van der Waals surface area (Å²) in [6.45, 7) is 9.53. The van der Waals surface area contributed by atoms with Crippen molar-refractivity contribution in [3.05, 3.63) is 59.7 Å². The molecule has 0 heterocycles. The van der Waals surface area contributed by atoms with Gasteiger partial charge in [0.2, 0.25) is 0 Å². The molecular formula is C48H78O3. The summed E-state index contributed by atoms with van der Waals surface area (Å²) in [7, 11) is 0. The summed E-state index contributed by atoms with van der Waals surface area (Å²) in [5.74, 6) is 0. The number of hydrogen-bond acceptors (Lipinski definition) is 3. The van der Waals surface area contributed by atoms with E-state index < -0.39 is 0 Å². The SMILES string of the molecule is CCCCCCCCCCCCCCCCCCOCCc1cccc2cc3c(CCOCCCCCCCCCCOCC)cccc3cc12. The summed E-state index contributed by atoms with van der Waals surface area (Å²) in [6, 6.07) is 18.3. The molecule has 3 aromatic rings. The fourth-order valence-corrected chi connectivity index (χ4v) is 7.55. The van der Waals surface area contributed by atoms with Crippen LogP contribution in [-0.4, -0.2) is 39.6 Å². The van der Waals surface area contributed by atoms with Gasteiger partial charge in [-0.3, -0.25) is 0 Å². The summed E-state index contributed by atoms with van der Waals surface area (Å²) < 4.78 is 17.6. The highest BCUT2D eigenvalue weighted by atomic mass is 16.5. The van der Waals surface area contributed by atoms with Crippen LogP contribution in [0.5, 0.6) is 0 Å². The maximum absolute atomic E-state index is 6.11. The third-order valence-corrected chi connectivity index (χ3v) is 10.8. The Morgan fingerprint density at radius 3 is 1.04 bits per heavy atom. The molecule has 0 bridgehead atoms. The van der Waals surface area contributed by atoms with Gasteiger partial charge >= 0.3 is 0 Å². The first-order chi connectivity index (χ1) is 25.3. The number of hydrogen-bond donors (Lipinski definition) is 0. The van der Waals surface area contributed by atoms with Crippen LogP contribution in [0.25, 0.3) is 21.5 Å². The molecule has 0 saturated heterocycles. The van der Waals surface area contributed by atoms with Crippen molar-refractivity contribution in [2.45, 2.75) is 181 Å². The van der Waals surface area contributed by atoms with E-state index in [-0.39, 0.29) is 0 Å². The van der Waals surface area contributed by atoms with E-state index in [1.807, 2.05) is 0 Å². The number of fused-ring (bicyclic) bond motifs is 2. The topological polar surface area (TPSA) is 27.7 Å². The van der Waals surface area contributed by atoms with Crippen LogP contribution in [-0.2, 0) is 27.1 Å². The second-order valence-corrected chi connectivity index (χ2v) is 15.2. The monoisotopic (exact) mass is 703 g/mol. The van der Waals surface area contributed by atoms with Crippen LogP contribution in [0.3, 0.4) is 0 Å². The van der Waals surface area contributed by atoms with Gasteiger partial charge < -0.3 is 14.2 Å². The zero-order chi connectivity index (χ0) is 35.9. The van der Waals surface area contributed by atoms with Crippen LogP contribution in [0, 0.1) is 0 Å². The van der Waals surface area contributed by atoms with E-state index in [1.54, 1.807) is 0 Å². The van der Waals surface area contributed by atoms with Crippen LogP contribution < -0.4 is 0 Å². The van der Waals surface area contributed by atoms with Crippen molar-refractivity contribution in [2.75, 3.05) is 39.6 Å². The minimum Gasteiger partial charge on any atom is -0.382 e. The average Bonchev–Trinajstić information content (AvgIpc) is 3.15. The lowest BCUT2D eigenvalue weighted by atomic mass is 9.95. The molecule has 3 heteroatoms. The van der Waals surface area contributed by atoms with Gasteiger partial charge in [-0.15, -0.1) is 0 Å². The molecule has 0 unspecified atom stereocenters. The maximum atomic E-state index is 6.11. The minimum absolute atomic E-state index is 0.799. The molecule has 0 aliphatic rings. The third kappa shape index (κ3) is 20.2. The minimum atomic E-state index is 0.799. The first kappa shape index (κ1) is 43.5. The quantitative estimate of drug-likeness (QED) is 0.0451. The highest BCUT2D eigenvalue weighted by Crippen LogP contribution is 2.28. The highest BCUT2D eigenvalue weighted by Gasteiger charge is 2.07. The number of ether oxygens (including phenoxy) is 3. The first-order valence-corrected chi connectivity index (χ1v) is 22.0. The molecule has 3 aromatic carbocycles. The van der Waals surface area contributed by atoms with Gasteiger partial charge in [0.15, 0.2) is 0 Å². The van der Waals surface area contributed by atoms with Crippen molar-refractivity contribution in [3.8, 4) is 0 Å². The maximum Gasteiger partial charge on any atom is 0.0506 e. The van der Waals surface area contributed by atoms with E-state index in [9.17, 15) is 0 Å². The van der Waals surface area contributed by atoms with E-state index in [1.165, 1.54) is 187 Å². The zero-order valence-corrected chi connectivity index (χ0v) is 33.5. The molecule has 0 fully saturated rings. The Morgan fingerprint density at radius 1 is 0.353 bits per heavy atom. The standard InChI is InChI=1S/C48H78O3/c1-3-5-6-7-8-9-10-11-12-13-14-15-16-20-23-26-37-50-39-34-43-30-28-32-45-42-48-44(31-29-33-46(48)41-47(43)45)35-40-51-38-27-24-21-18-17-19-22-25-36-49-4-2/h28-33,41-42H,3-27,34-40H2,1-2H3.